The zero-order chi connectivity index (χ0) is 14.9. The highest BCUT2D eigenvalue weighted by molar-refractivity contribution is 5.92. The van der Waals surface area contributed by atoms with Gasteiger partial charge in [-0.1, -0.05) is 19.4 Å². The summed E-state index contributed by atoms with van der Waals surface area (Å²) in [6.07, 6.45) is 5.01. The van der Waals surface area contributed by atoms with Crippen LogP contribution in [-0.2, 0) is 19.1 Å². The van der Waals surface area contributed by atoms with Gasteiger partial charge in [0, 0.05) is 19.1 Å². The van der Waals surface area contributed by atoms with E-state index < -0.39 is 6.29 Å². The summed E-state index contributed by atoms with van der Waals surface area (Å²) in [6, 6.07) is 0. The van der Waals surface area contributed by atoms with Crippen LogP contribution in [0.1, 0.15) is 40.0 Å². The molecule has 0 aromatic rings. The lowest BCUT2D eigenvalue weighted by atomic mass is 9.64. The van der Waals surface area contributed by atoms with Crippen molar-refractivity contribution in [1.82, 2.24) is 0 Å². The van der Waals surface area contributed by atoms with Gasteiger partial charge in [0.25, 0.3) is 0 Å². The number of esters is 1. The highest BCUT2D eigenvalue weighted by Crippen LogP contribution is 2.45. The van der Waals surface area contributed by atoms with Crippen LogP contribution in [0, 0.1) is 11.3 Å². The van der Waals surface area contributed by atoms with Gasteiger partial charge in [-0.25, -0.2) is 4.79 Å². The van der Waals surface area contributed by atoms with Crippen LogP contribution in [0.15, 0.2) is 23.3 Å². The summed E-state index contributed by atoms with van der Waals surface area (Å²) in [7, 11) is 1.51. The summed E-state index contributed by atoms with van der Waals surface area (Å²) in [5.74, 6) is 0.198. The molecule has 0 saturated heterocycles. The van der Waals surface area contributed by atoms with Crippen molar-refractivity contribution in [2.75, 3.05) is 7.11 Å². The zero-order valence-corrected chi connectivity index (χ0v) is 12.6. The van der Waals surface area contributed by atoms with E-state index in [1.807, 2.05) is 6.92 Å². The maximum atomic E-state index is 11.7. The smallest absolute Gasteiger partial charge is 0.336 e. The molecule has 4 nitrogen and oxygen atoms in total. The maximum absolute atomic E-state index is 11.7. The van der Waals surface area contributed by atoms with E-state index in [4.69, 9.17) is 9.47 Å². The summed E-state index contributed by atoms with van der Waals surface area (Å²) in [4.78, 5) is 23.3. The first kappa shape index (κ1) is 15.0. The average molecular weight is 278 g/mol. The Kier molecular flexibility index (Phi) is 4.14. The van der Waals surface area contributed by atoms with Crippen molar-refractivity contribution in [3.63, 3.8) is 0 Å². The van der Waals surface area contributed by atoms with Crippen LogP contribution in [0.2, 0.25) is 0 Å². The Morgan fingerprint density at radius 1 is 1.45 bits per heavy atom. The molecule has 0 fully saturated rings. The molecule has 4 heteroatoms. The Morgan fingerprint density at radius 3 is 2.70 bits per heavy atom. The molecule has 2 rings (SSSR count). The highest BCUT2D eigenvalue weighted by Gasteiger charge is 2.38. The molecule has 0 amide bonds. The fourth-order valence-electron chi connectivity index (χ4n) is 2.97. The number of ketones is 1. The molecular weight excluding hydrogens is 256 g/mol. The Hall–Kier alpha value is -1.42. The van der Waals surface area contributed by atoms with Crippen molar-refractivity contribution < 1.29 is 19.1 Å². The van der Waals surface area contributed by atoms with Gasteiger partial charge in [0.15, 0.2) is 5.78 Å². The van der Waals surface area contributed by atoms with Gasteiger partial charge in [0.2, 0.25) is 6.29 Å². The van der Waals surface area contributed by atoms with Crippen molar-refractivity contribution in [3.8, 4) is 0 Å². The fourth-order valence-corrected chi connectivity index (χ4v) is 2.97. The minimum atomic E-state index is -0.549. The SMILES string of the molecule is CO[C@H]1C=C(CC[C@@]2(C)C(C)=CC(=O)C[C@H]2C)C(=O)O1. The standard InChI is InChI=1S/C16H22O4/c1-10-7-13(17)8-11(2)16(10,3)6-5-12-9-14(19-4)20-15(12)18/h7,9,11,14H,5-6,8H2,1-4H3/t11-,14-,16+/m1/s1. The zero-order valence-electron chi connectivity index (χ0n) is 12.6. The predicted molar refractivity (Wildman–Crippen MR) is 74.9 cm³/mol. The van der Waals surface area contributed by atoms with Crippen LogP contribution in [-0.4, -0.2) is 25.2 Å². The summed E-state index contributed by atoms with van der Waals surface area (Å²) >= 11 is 0. The fraction of sp³-hybridized carbons (Fsp3) is 0.625. The Morgan fingerprint density at radius 2 is 2.15 bits per heavy atom. The second-order valence-electron chi connectivity index (χ2n) is 6.02. The van der Waals surface area contributed by atoms with Crippen LogP contribution in [0.3, 0.4) is 0 Å². The molecule has 0 aromatic carbocycles. The molecule has 0 unspecified atom stereocenters. The number of methoxy groups -OCH3 is 1. The van der Waals surface area contributed by atoms with Gasteiger partial charge in [-0.15, -0.1) is 0 Å². The maximum Gasteiger partial charge on any atom is 0.336 e. The van der Waals surface area contributed by atoms with Gasteiger partial charge in [0.1, 0.15) is 0 Å². The van der Waals surface area contributed by atoms with Crippen LogP contribution >= 0.6 is 0 Å². The quantitative estimate of drug-likeness (QED) is 0.742. The first-order valence-corrected chi connectivity index (χ1v) is 7.03. The molecule has 0 spiro atoms. The molecule has 1 aliphatic heterocycles. The number of allylic oxidation sites excluding steroid dienone is 2. The van der Waals surface area contributed by atoms with Crippen LogP contribution < -0.4 is 0 Å². The summed E-state index contributed by atoms with van der Waals surface area (Å²) in [5, 5.41) is 0. The first-order valence-electron chi connectivity index (χ1n) is 7.03. The number of carbonyl (C=O) groups is 2. The van der Waals surface area contributed by atoms with E-state index in [1.165, 1.54) is 7.11 Å². The normalized spacial score (nSPS) is 33.8. The lowest BCUT2D eigenvalue weighted by Gasteiger charge is -2.39. The van der Waals surface area contributed by atoms with Crippen molar-refractivity contribution in [2.45, 2.75) is 46.3 Å². The third-order valence-electron chi connectivity index (χ3n) is 4.84. The number of ether oxygens (including phenoxy) is 2. The molecule has 0 bridgehead atoms. The van der Waals surface area contributed by atoms with Gasteiger partial charge < -0.3 is 9.47 Å². The van der Waals surface area contributed by atoms with Crippen molar-refractivity contribution in [1.29, 1.82) is 0 Å². The predicted octanol–water partition coefficient (Wildman–Crippen LogP) is 2.78. The topological polar surface area (TPSA) is 52.6 Å². The van der Waals surface area contributed by atoms with Crippen LogP contribution in [0.5, 0.6) is 0 Å². The molecule has 0 radical (unpaired) electrons. The van der Waals surface area contributed by atoms with E-state index in [0.29, 0.717) is 18.4 Å². The number of rotatable bonds is 4. The summed E-state index contributed by atoms with van der Waals surface area (Å²) < 4.78 is 10.1. The Labute approximate surface area is 119 Å². The molecule has 20 heavy (non-hydrogen) atoms. The largest absolute Gasteiger partial charge is 0.429 e. The first-order chi connectivity index (χ1) is 9.36. The second kappa shape index (κ2) is 5.52. The molecule has 2 aliphatic rings. The molecular formula is C16H22O4. The molecule has 0 N–H and O–H groups in total. The van der Waals surface area contributed by atoms with Gasteiger partial charge in [0.05, 0.1) is 0 Å². The number of hydrogen-bond donors (Lipinski definition) is 0. The van der Waals surface area contributed by atoms with Gasteiger partial charge in [-0.05, 0) is 43.3 Å². The van der Waals surface area contributed by atoms with Crippen molar-refractivity contribution in [2.24, 2.45) is 11.3 Å². The minimum absolute atomic E-state index is 0.0415. The Bertz CT molecular complexity index is 489. The van der Waals surface area contributed by atoms with E-state index in [-0.39, 0.29) is 23.1 Å². The summed E-state index contributed by atoms with van der Waals surface area (Å²) in [5.41, 5.74) is 1.74. The van der Waals surface area contributed by atoms with E-state index in [0.717, 1.165) is 12.0 Å². The number of hydrogen-bond acceptors (Lipinski definition) is 4. The van der Waals surface area contributed by atoms with Gasteiger partial charge in [-0.2, -0.15) is 0 Å². The molecule has 110 valence electrons. The molecule has 3 atom stereocenters. The number of carbonyl (C=O) groups excluding carboxylic acids is 2. The minimum Gasteiger partial charge on any atom is -0.429 e. The summed E-state index contributed by atoms with van der Waals surface area (Å²) in [6.45, 7) is 6.28. The third kappa shape index (κ3) is 2.70. The Balaban J connectivity index is 2.08. The van der Waals surface area contributed by atoms with E-state index in [2.05, 4.69) is 13.8 Å². The van der Waals surface area contributed by atoms with Crippen LogP contribution in [0.25, 0.3) is 0 Å². The average Bonchev–Trinajstić information content (AvgIpc) is 2.74. The molecule has 0 saturated carbocycles. The monoisotopic (exact) mass is 278 g/mol. The lowest BCUT2D eigenvalue weighted by Crippen LogP contribution is -2.32. The highest BCUT2D eigenvalue weighted by atomic mass is 16.7. The second-order valence-corrected chi connectivity index (χ2v) is 6.02. The lowest BCUT2D eigenvalue weighted by molar-refractivity contribution is -0.155. The molecule has 0 aromatic heterocycles. The van der Waals surface area contributed by atoms with E-state index >= 15 is 0 Å². The van der Waals surface area contributed by atoms with Crippen molar-refractivity contribution >= 4 is 11.8 Å². The third-order valence-corrected chi connectivity index (χ3v) is 4.84. The number of cyclic esters (lactones) is 1. The van der Waals surface area contributed by atoms with Gasteiger partial charge >= 0.3 is 5.97 Å². The van der Waals surface area contributed by atoms with Crippen LogP contribution in [0.4, 0.5) is 0 Å². The van der Waals surface area contributed by atoms with E-state index in [1.54, 1.807) is 12.2 Å². The van der Waals surface area contributed by atoms with Crippen molar-refractivity contribution in [3.05, 3.63) is 23.3 Å². The molecule has 1 heterocycles. The molecule has 1 aliphatic carbocycles. The van der Waals surface area contributed by atoms with E-state index in [9.17, 15) is 9.59 Å². The van der Waals surface area contributed by atoms with Gasteiger partial charge in [-0.3, -0.25) is 4.79 Å².